The third-order valence-corrected chi connectivity index (χ3v) is 4.37. The maximum atomic E-state index is 11.7. The fourth-order valence-corrected chi connectivity index (χ4v) is 2.27. The molecule has 1 N–H and O–H groups in total. The molecule has 7 heteroatoms. The Bertz CT molecular complexity index is 363. The predicted octanol–water partition coefficient (Wildman–Crippen LogP) is 0.199. The van der Waals surface area contributed by atoms with Gasteiger partial charge in [0, 0.05) is 18.5 Å². The number of carbonyl (C=O) groups is 1. The van der Waals surface area contributed by atoms with E-state index in [1.54, 1.807) is 0 Å². The van der Waals surface area contributed by atoms with Gasteiger partial charge in [-0.05, 0) is 34.4 Å². The number of sulfonamides is 1. The van der Waals surface area contributed by atoms with Gasteiger partial charge in [-0.15, -0.1) is 0 Å². The van der Waals surface area contributed by atoms with E-state index in [9.17, 15) is 13.2 Å². The lowest BCUT2D eigenvalue weighted by atomic mass is 10.1. The molecule has 0 rings (SSSR count). The molecule has 0 heterocycles. The molecular weight excluding hydrogens is 256 g/mol. The van der Waals surface area contributed by atoms with E-state index in [0.717, 1.165) is 0 Å². The summed E-state index contributed by atoms with van der Waals surface area (Å²) in [6.07, 6.45) is 0.388. The standard InChI is InChI=1S/C11H24N2O4S/c1-11(2,13(3)4)9-12-18(15,16)8-6-7-10(14)17-5/h12H,6-9H2,1-5H3. The van der Waals surface area contributed by atoms with Crippen molar-refractivity contribution in [2.24, 2.45) is 0 Å². The van der Waals surface area contributed by atoms with Crippen LogP contribution in [-0.4, -0.2) is 58.3 Å². The lowest BCUT2D eigenvalue weighted by Gasteiger charge is -2.32. The molecule has 0 aliphatic rings. The number of rotatable bonds is 8. The van der Waals surface area contributed by atoms with Gasteiger partial charge in [-0.1, -0.05) is 0 Å². The van der Waals surface area contributed by atoms with Gasteiger partial charge in [0.1, 0.15) is 0 Å². The van der Waals surface area contributed by atoms with E-state index in [-0.39, 0.29) is 30.1 Å². The van der Waals surface area contributed by atoms with Gasteiger partial charge in [-0.2, -0.15) is 0 Å². The zero-order valence-electron chi connectivity index (χ0n) is 11.8. The SMILES string of the molecule is COC(=O)CCCS(=O)(=O)NCC(C)(C)N(C)C. The van der Waals surface area contributed by atoms with Crippen LogP contribution in [0.5, 0.6) is 0 Å². The largest absolute Gasteiger partial charge is 0.469 e. The van der Waals surface area contributed by atoms with Gasteiger partial charge in [0.25, 0.3) is 0 Å². The first kappa shape index (κ1) is 17.3. The molecule has 0 atom stereocenters. The Morgan fingerprint density at radius 2 is 1.89 bits per heavy atom. The molecule has 0 aliphatic carbocycles. The quantitative estimate of drug-likeness (QED) is 0.643. The van der Waals surface area contributed by atoms with Crippen LogP contribution in [0.3, 0.4) is 0 Å². The van der Waals surface area contributed by atoms with E-state index < -0.39 is 10.0 Å². The summed E-state index contributed by atoms with van der Waals surface area (Å²) in [5, 5.41) is 0. The van der Waals surface area contributed by atoms with Crippen molar-refractivity contribution < 1.29 is 17.9 Å². The van der Waals surface area contributed by atoms with Gasteiger partial charge in [-0.25, -0.2) is 13.1 Å². The minimum atomic E-state index is -3.34. The second-order valence-corrected chi connectivity index (χ2v) is 6.95. The van der Waals surface area contributed by atoms with Gasteiger partial charge in [0.05, 0.1) is 12.9 Å². The number of likely N-dealkylation sites (N-methyl/N-ethyl adjacent to an activating group) is 1. The van der Waals surface area contributed by atoms with Crippen LogP contribution >= 0.6 is 0 Å². The smallest absolute Gasteiger partial charge is 0.305 e. The summed E-state index contributed by atoms with van der Waals surface area (Å²) in [6.45, 7) is 4.23. The van der Waals surface area contributed by atoms with Crippen LogP contribution in [0.4, 0.5) is 0 Å². The number of hydrogen-bond acceptors (Lipinski definition) is 5. The Kier molecular flexibility index (Phi) is 6.80. The van der Waals surface area contributed by atoms with Crippen molar-refractivity contribution in [2.45, 2.75) is 32.2 Å². The molecule has 0 saturated carbocycles. The number of nitrogens with zero attached hydrogens (tertiary/aromatic N) is 1. The number of ether oxygens (including phenoxy) is 1. The molecule has 6 nitrogen and oxygen atoms in total. The molecule has 0 aromatic carbocycles. The Morgan fingerprint density at radius 3 is 2.33 bits per heavy atom. The summed E-state index contributed by atoms with van der Waals surface area (Å²) in [6, 6.07) is 0. The van der Waals surface area contributed by atoms with E-state index >= 15 is 0 Å². The molecule has 108 valence electrons. The van der Waals surface area contributed by atoms with Crippen LogP contribution in [0.2, 0.25) is 0 Å². The van der Waals surface area contributed by atoms with Crippen LogP contribution in [0.25, 0.3) is 0 Å². The Hall–Kier alpha value is -0.660. The minimum Gasteiger partial charge on any atom is -0.469 e. The molecule has 0 amide bonds. The Balaban J connectivity index is 4.13. The average Bonchev–Trinajstić information content (AvgIpc) is 2.26. The van der Waals surface area contributed by atoms with Crippen molar-refractivity contribution in [2.75, 3.05) is 33.5 Å². The molecule has 0 aromatic heterocycles. The first-order valence-corrected chi connectivity index (χ1v) is 7.47. The molecular formula is C11H24N2O4S. The highest BCUT2D eigenvalue weighted by Gasteiger charge is 2.23. The molecule has 0 fully saturated rings. The molecule has 0 radical (unpaired) electrons. The van der Waals surface area contributed by atoms with Crippen molar-refractivity contribution in [3.63, 3.8) is 0 Å². The summed E-state index contributed by atoms with van der Waals surface area (Å²) >= 11 is 0. The van der Waals surface area contributed by atoms with Gasteiger partial charge >= 0.3 is 5.97 Å². The fraction of sp³-hybridized carbons (Fsp3) is 0.909. The summed E-state index contributed by atoms with van der Waals surface area (Å²) in [5.41, 5.74) is -0.255. The maximum absolute atomic E-state index is 11.7. The van der Waals surface area contributed by atoms with Gasteiger partial charge in [0.2, 0.25) is 10.0 Å². The summed E-state index contributed by atoms with van der Waals surface area (Å²) in [5.74, 6) is -0.454. The van der Waals surface area contributed by atoms with Crippen LogP contribution < -0.4 is 4.72 Å². The van der Waals surface area contributed by atoms with Crippen molar-refractivity contribution in [3.8, 4) is 0 Å². The van der Waals surface area contributed by atoms with Crippen molar-refractivity contribution >= 4 is 16.0 Å². The summed E-state index contributed by atoms with van der Waals surface area (Å²) < 4.78 is 30.4. The molecule has 0 spiro atoms. The molecule has 0 bridgehead atoms. The second kappa shape index (κ2) is 7.06. The van der Waals surface area contributed by atoms with Gasteiger partial charge in [-0.3, -0.25) is 4.79 Å². The van der Waals surface area contributed by atoms with Gasteiger partial charge in [0.15, 0.2) is 0 Å². The number of carbonyl (C=O) groups excluding carboxylic acids is 1. The highest BCUT2D eigenvalue weighted by atomic mass is 32.2. The van der Waals surface area contributed by atoms with Crippen molar-refractivity contribution in [3.05, 3.63) is 0 Å². The average molecular weight is 280 g/mol. The second-order valence-electron chi connectivity index (χ2n) is 5.03. The van der Waals surface area contributed by atoms with Crippen LogP contribution in [-0.2, 0) is 19.6 Å². The molecule has 0 saturated heterocycles. The topological polar surface area (TPSA) is 75.7 Å². The van der Waals surface area contributed by atoms with Crippen LogP contribution in [0, 0.1) is 0 Å². The molecule has 18 heavy (non-hydrogen) atoms. The lowest BCUT2D eigenvalue weighted by Crippen LogP contribution is -2.48. The first-order valence-electron chi connectivity index (χ1n) is 5.82. The van der Waals surface area contributed by atoms with E-state index in [2.05, 4.69) is 9.46 Å². The fourth-order valence-electron chi connectivity index (χ4n) is 1.03. The van der Waals surface area contributed by atoms with Gasteiger partial charge < -0.3 is 9.64 Å². The zero-order valence-corrected chi connectivity index (χ0v) is 12.6. The zero-order chi connectivity index (χ0) is 14.4. The van der Waals surface area contributed by atoms with Crippen LogP contribution in [0.15, 0.2) is 0 Å². The number of hydrogen-bond donors (Lipinski definition) is 1. The summed E-state index contributed by atoms with van der Waals surface area (Å²) in [4.78, 5) is 12.8. The predicted molar refractivity (Wildman–Crippen MR) is 70.8 cm³/mol. The molecule has 0 aromatic rings. The Labute approximate surface area is 110 Å². The van der Waals surface area contributed by atoms with E-state index in [0.29, 0.717) is 6.54 Å². The lowest BCUT2D eigenvalue weighted by molar-refractivity contribution is -0.140. The maximum Gasteiger partial charge on any atom is 0.305 e. The van der Waals surface area contributed by atoms with Crippen molar-refractivity contribution in [1.82, 2.24) is 9.62 Å². The Morgan fingerprint density at radius 1 is 1.33 bits per heavy atom. The normalized spacial score (nSPS) is 12.8. The molecule has 0 aliphatic heterocycles. The monoisotopic (exact) mass is 280 g/mol. The first-order chi connectivity index (χ1) is 8.10. The number of nitrogens with one attached hydrogen (secondary N) is 1. The van der Waals surface area contributed by atoms with E-state index in [4.69, 9.17) is 0 Å². The third kappa shape index (κ3) is 6.93. The highest BCUT2D eigenvalue weighted by Crippen LogP contribution is 2.08. The number of methoxy groups -OCH3 is 1. The van der Waals surface area contributed by atoms with E-state index in [1.165, 1.54) is 7.11 Å². The minimum absolute atomic E-state index is 0.0639. The van der Waals surface area contributed by atoms with Crippen LogP contribution in [0.1, 0.15) is 26.7 Å². The number of esters is 1. The third-order valence-electron chi connectivity index (χ3n) is 2.96. The highest BCUT2D eigenvalue weighted by molar-refractivity contribution is 7.89. The summed E-state index contributed by atoms with van der Waals surface area (Å²) in [7, 11) is 1.74. The van der Waals surface area contributed by atoms with E-state index in [1.807, 2.05) is 32.8 Å². The van der Waals surface area contributed by atoms with Crippen molar-refractivity contribution in [1.29, 1.82) is 0 Å². The molecule has 0 unspecified atom stereocenters.